The number of anilines is 1. The second-order valence-electron chi connectivity index (χ2n) is 9.30. The van der Waals surface area contributed by atoms with Crippen LogP contribution in [-0.2, 0) is 17.1 Å². The lowest BCUT2D eigenvalue weighted by molar-refractivity contribution is -0.164. The molecule has 0 bridgehead atoms. The van der Waals surface area contributed by atoms with Crippen LogP contribution in [0, 0.1) is 5.82 Å². The van der Waals surface area contributed by atoms with Crippen molar-refractivity contribution >= 4 is 17.3 Å². The van der Waals surface area contributed by atoms with Gasteiger partial charge in [0.25, 0.3) is 5.91 Å². The van der Waals surface area contributed by atoms with Crippen LogP contribution in [0.5, 0.6) is 5.75 Å². The lowest BCUT2D eigenvalue weighted by Gasteiger charge is -2.44. The van der Waals surface area contributed by atoms with Crippen molar-refractivity contribution in [3.8, 4) is 5.75 Å². The van der Waals surface area contributed by atoms with Gasteiger partial charge < -0.3 is 9.64 Å². The molecule has 0 fully saturated rings. The van der Waals surface area contributed by atoms with E-state index in [-0.39, 0.29) is 17.8 Å². The molecule has 0 N–H and O–H groups in total. The van der Waals surface area contributed by atoms with Gasteiger partial charge in [-0.2, -0.15) is 5.10 Å². The summed E-state index contributed by atoms with van der Waals surface area (Å²) >= 11 is 0. The highest BCUT2D eigenvalue weighted by Crippen LogP contribution is 2.55. The molecule has 3 heterocycles. The Morgan fingerprint density at radius 2 is 1.61 bits per heavy atom. The van der Waals surface area contributed by atoms with Crippen LogP contribution in [0.15, 0.2) is 108 Å². The van der Waals surface area contributed by atoms with E-state index in [1.54, 1.807) is 17.0 Å². The number of hydrogen-bond acceptors (Lipinski definition) is 4. The van der Waals surface area contributed by atoms with Crippen LogP contribution in [0.2, 0.25) is 0 Å². The quantitative estimate of drug-likeness (QED) is 0.378. The zero-order valence-corrected chi connectivity index (χ0v) is 19.3. The van der Waals surface area contributed by atoms with Crippen molar-refractivity contribution in [2.24, 2.45) is 5.10 Å². The van der Waals surface area contributed by atoms with Crippen molar-refractivity contribution in [3.05, 3.63) is 131 Å². The van der Waals surface area contributed by atoms with E-state index in [0.29, 0.717) is 18.7 Å². The molecule has 0 radical (unpaired) electrons. The predicted molar refractivity (Wildman–Crippen MR) is 135 cm³/mol. The number of hydrazone groups is 1. The Labute approximate surface area is 208 Å². The average Bonchev–Trinajstić information content (AvgIpc) is 3.46. The van der Waals surface area contributed by atoms with Crippen molar-refractivity contribution in [3.63, 3.8) is 0 Å². The number of hydrogen-bond donors (Lipinski definition) is 0. The predicted octanol–water partition coefficient (Wildman–Crippen LogP) is 5.77. The Bertz CT molecular complexity index is 1520. The molecule has 0 aromatic heterocycles. The summed E-state index contributed by atoms with van der Waals surface area (Å²) in [5.74, 6) is 0.215. The molecule has 0 unspecified atom stereocenters. The fourth-order valence-corrected chi connectivity index (χ4v) is 5.56. The molecule has 7 rings (SSSR count). The van der Waals surface area contributed by atoms with Gasteiger partial charge in [0.05, 0.1) is 29.5 Å². The zero-order valence-electron chi connectivity index (χ0n) is 19.3. The number of carbonyl (C=O) groups is 1. The van der Waals surface area contributed by atoms with Crippen LogP contribution in [0.3, 0.4) is 0 Å². The number of amides is 1. The fraction of sp³-hybridized carbons (Fsp3) is 0.133. The van der Waals surface area contributed by atoms with E-state index in [4.69, 9.17) is 9.84 Å². The first-order chi connectivity index (χ1) is 17.6. The van der Waals surface area contributed by atoms with Crippen molar-refractivity contribution in [2.75, 3.05) is 4.90 Å². The first kappa shape index (κ1) is 20.9. The Balaban J connectivity index is 1.40. The molecule has 36 heavy (non-hydrogen) atoms. The van der Waals surface area contributed by atoms with Gasteiger partial charge in [0.2, 0.25) is 0 Å². The van der Waals surface area contributed by atoms with Crippen molar-refractivity contribution in [1.29, 1.82) is 0 Å². The number of carbonyl (C=O) groups excluding carboxylic acids is 1. The molecule has 1 amide bonds. The average molecular weight is 476 g/mol. The van der Waals surface area contributed by atoms with Gasteiger partial charge in [0.15, 0.2) is 0 Å². The van der Waals surface area contributed by atoms with Crippen molar-refractivity contribution in [1.82, 2.24) is 5.01 Å². The molecule has 0 saturated heterocycles. The zero-order chi connectivity index (χ0) is 24.3. The van der Waals surface area contributed by atoms with E-state index >= 15 is 0 Å². The normalized spacial score (nSPS) is 21.6. The fourth-order valence-electron chi connectivity index (χ4n) is 5.56. The van der Waals surface area contributed by atoms with Crippen LogP contribution >= 0.6 is 0 Å². The second-order valence-corrected chi connectivity index (χ2v) is 9.30. The third-order valence-corrected chi connectivity index (χ3v) is 7.22. The van der Waals surface area contributed by atoms with Crippen LogP contribution < -0.4 is 9.64 Å². The molecule has 1 spiro atoms. The third kappa shape index (κ3) is 2.94. The number of rotatable bonds is 3. The third-order valence-electron chi connectivity index (χ3n) is 7.22. The molecule has 176 valence electrons. The minimum absolute atomic E-state index is 0.170. The van der Waals surface area contributed by atoms with E-state index < -0.39 is 5.72 Å². The largest absolute Gasteiger partial charge is 0.453 e. The van der Waals surface area contributed by atoms with Gasteiger partial charge >= 0.3 is 5.72 Å². The summed E-state index contributed by atoms with van der Waals surface area (Å²) in [6.45, 7) is 0.427. The van der Waals surface area contributed by atoms with E-state index in [2.05, 4.69) is 0 Å². The van der Waals surface area contributed by atoms with Gasteiger partial charge in [-0.1, -0.05) is 78.9 Å². The van der Waals surface area contributed by atoms with Gasteiger partial charge in [-0.25, -0.2) is 9.40 Å². The lowest BCUT2D eigenvalue weighted by Crippen LogP contribution is -2.57. The summed E-state index contributed by atoms with van der Waals surface area (Å²) in [5.41, 5.74) is 3.80. The van der Waals surface area contributed by atoms with Crippen LogP contribution in [0.4, 0.5) is 10.1 Å². The Morgan fingerprint density at radius 3 is 2.44 bits per heavy atom. The van der Waals surface area contributed by atoms with Gasteiger partial charge in [0.1, 0.15) is 11.6 Å². The van der Waals surface area contributed by atoms with Gasteiger partial charge in [-0.15, -0.1) is 0 Å². The number of benzene rings is 4. The summed E-state index contributed by atoms with van der Waals surface area (Å²) in [5, 5.41) is 6.82. The lowest BCUT2D eigenvalue weighted by atomic mass is 9.92. The maximum atomic E-state index is 14.4. The van der Waals surface area contributed by atoms with Crippen LogP contribution in [0.1, 0.15) is 34.7 Å². The monoisotopic (exact) mass is 475 g/mol. The highest BCUT2D eigenvalue weighted by Gasteiger charge is 2.63. The molecule has 3 aliphatic heterocycles. The second kappa shape index (κ2) is 7.78. The van der Waals surface area contributed by atoms with Gasteiger partial charge in [-0.05, 0) is 35.4 Å². The summed E-state index contributed by atoms with van der Waals surface area (Å²) in [4.78, 5) is 16.2. The van der Waals surface area contributed by atoms with Crippen molar-refractivity contribution < 1.29 is 13.9 Å². The first-order valence-corrected chi connectivity index (χ1v) is 12.0. The first-order valence-electron chi connectivity index (χ1n) is 12.0. The highest BCUT2D eigenvalue weighted by atomic mass is 19.1. The van der Waals surface area contributed by atoms with Crippen LogP contribution in [0.25, 0.3) is 0 Å². The summed E-state index contributed by atoms with van der Waals surface area (Å²) in [7, 11) is 0. The summed E-state index contributed by atoms with van der Waals surface area (Å²) < 4.78 is 20.3. The maximum absolute atomic E-state index is 14.4. The molecule has 2 atom stereocenters. The maximum Gasteiger partial charge on any atom is 0.306 e. The molecule has 6 heteroatoms. The van der Waals surface area contributed by atoms with Crippen LogP contribution in [-0.4, -0.2) is 16.6 Å². The number of fused-ring (bicyclic) bond motifs is 6. The smallest absolute Gasteiger partial charge is 0.306 e. The minimum Gasteiger partial charge on any atom is -0.453 e. The number of nitrogens with zero attached hydrogens (tertiary/aromatic N) is 3. The Morgan fingerprint density at radius 1 is 0.889 bits per heavy atom. The Hall–Kier alpha value is -4.45. The van der Waals surface area contributed by atoms with Gasteiger partial charge in [0, 0.05) is 12.0 Å². The topological polar surface area (TPSA) is 45.1 Å². The SMILES string of the molecule is O=C1N(Cc2ccccc2)c2ccccc2[C@@]12Oc1ccccc1[C@@H]1CC(c3ccc(F)cc3)=NN12. The molecule has 3 aliphatic rings. The molecular formula is C30H22FN3O2. The number of ether oxygens (including phenoxy) is 1. The molecule has 0 saturated carbocycles. The molecule has 4 aromatic carbocycles. The van der Waals surface area contributed by atoms with Gasteiger partial charge in [-0.3, -0.25) is 4.79 Å². The molecule has 5 nitrogen and oxygen atoms in total. The van der Waals surface area contributed by atoms with E-state index in [1.165, 1.54) is 12.1 Å². The molecule has 0 aliphatic carbocycles. The van der Waals surface area contributed by atoms with E-state index in [9.17, 15) is 9.18 Å². The van der Waals surface area contributed by atoms with E-state index in [0.717, 1.165) is 33.7 Å². The molecular weight excluding hydrogens is 453 g/mol. The summed E-state index contributed by atoms with van der Waals surface area (Å²) in [6, 6.07) is 31.7. The Kier molecular flexibility index (Phi) is 4.51. The highest BCUT2D eigenvalue weighted by molar-refractivity contribution is 6.08. The minimum atomic E-state index is -1.42. The number of para-hydroxylation sites is 2. The molecule has 4 aromatic rings. The standard InChI is InChI=1S/C30H22FN3O2/c31-22-16-14-21(15-17-22)25-18-27-23-10-4-7-13-28(23)36-30(34(27)32-25)24-11-5-6-12-26(24)33(29(30)35)19-20-8-2-1-3-9-20/h1-17,27H,18-19H2/t27-,30+/m0/s1. The van der Waals surface area contributed by atoms with E-state index in [1.807, 2.05) is 83.9 Å². The number of halogens is 1. The summed E-state index contributed by atoms with van der Waals surface area (Å²) in [6.07, 6.45) is 0.585. The van der Waals surface area contributed by atoms with Crippen molar-refractivity contribution in [2.45, 2.75) is 24.7 Å².